The van der Waals surface area contributed by atoms with Gasteiger partial charge in [0.25, 0.3) is 0 Å². The van der Waals surface area contributed by atoms with Crippen molar-refractivity contribution in [1.29, 1.82) is 0 Å². The van der Waals surface area contributed by atoms with Gasteiger partial charge in [0, 0.05) is 10.1 Å². The lowest BCUT2D eigenvalue weighted by Gasteiger charge is -2.12. The van der Waals surface area contributed by atoms with Crippen LogP contribution in [0.1, 0.15) is 23.3 Å². The Bertz CT molecular complexity index is 467. The maximum Gasteiger partial charge on any atom is 0.0682 e. The Labute approximate surface area is 107 Å². The van der Waals surface area contributed by atoms with Gasteiger partial charge in [-0.1, -0.05) is 42.5 Å². The predicted octanol–water partition coefficient (Wildman–Crippen LogP) is 4.03. The smallest absolute Gasteiger partial charge is 0.0682 e. The molecule has 2 rings (SSSR count). The van der Waals surface area contributed by atoms with Crippen LogP contribution < -0.4 is 0 Å². The van der Waals surface area contributed by atoms with Gasteiger partial charge in [-0.25, -0.2) is 0 Å². The molecule has 2 heteroatoms. The fraction of sp³-hybridized carbons (Fsp3) is 0.200. The fourth-order valence-electron chi connectivity index (χ4n) is 1.71. The SMILES string of the molecule is CC(Sc1cccc(CO)c1)c1ccccc1. The Balaban J connectivity index is 2.10. The van der Waals surface area contributed by atoms with Gasteiger partial charge in [-0.15, -0.1) is 11.8 Å². The lowest BCUT2D eigenvalue weighted by molar-refractivity contribution is 0.281. The first kappa shape index (κ1) is 12.2. The van der Waals surface area contributed by atoms with Gasteiger partial charge in [0.1, 0.15) is 0 Å². The van der Waals surface area contributed by atoms with Gasteiger partial charge in [0.2, 0.25) is 0 Å². The molecule has 1 nitrogen and oxygen atoms in total. The average molecular weight is 244 g/mol. The van der Waals surface area contributed by atoms with Crippen molar-refractivity contribution in [3.05, 3.63) is 65.7 Å². The molecule has 0 aromatic heterocycles. The van der Waals surface area contributed by atoms with Crippen molar-refractivity contribution in [2.75, 3.05) is 0 Å². The average Bonchev–Trinajstić information content (AvgIpc) is 2.40. The third-order valence-electron chi connectivity index (χ3n) is 2.66. The molecule has 1 N–H and O–H groups in total. The number of benzene rings is 2. The van der Waals surface area contributed by atoms with Gasteiger partial charge < -0.3 is 5.11 Å². The van der Waals surface area contributed by atoms with Crippen LogP contribution >= 0.6 is 11.8 Å². The fourth-order valence-corrected chi connectivity index (χ4v) is 2.79. The van der Waals surface area contributed by atoms with Crippen LogP contribution in [0.15, 0.2) is 59.5 Å². The molecular formula is C15H16OS. The van der Waals surface area contributed by atoms with Gasteiger partial charge in [0.15, 0.2) is 0 Å². The van der Waals surface area contributed by atoms with E-state index in [0.717, 1.165) is 5.56 Å². The molecule has 0 radical (unpaired) electrons. The highest BCUT2D eigenvalue weighted by atomic mass is 32.2. The minimum Gasteiger partial charge on any atom is -0.392 e. The first-order valence-corrected chi connectivity index (χ1v) is 6.59. The highest BCUT2D eigenvalue weighted by Gasteiger charge is 2.06. The van der Waals surface area contributed by atoms with Gasteiger partial charge in [-0.3, -0.25) is 0 Å². The summed E-state index contributed by atoms with van der Waals surface area (Å²) in [6, 6.07) is 18.5. The maximum atomic E-state index is 9.10. The normalized spacial score (nSPS) is 12.4. The van der Waals surface area contributed by atoms with E-state index in [4.69, 9.17) is 5.11 Å². The van der Waals surface area contributed by atoms with E-state index in [1.54, 1.807) is 0 Å². The first-order valence-electron chi connectivity index (χ1n) is 5.71. The van der Waals surface area contributed by atoms with E-state index >= 15 is 0 Å². The molecule has 88 valence electrons. The molecule has 0 aliphatic heterocycles. The summed E-state index contributed by atoms with van der Waals surface area (Å²) >= 11 is 1.82. The van der Waals surface area contributed by atoms with E-state index in [1.165, 1.54) is 10.5 Å². The molecule has 0 saturated carbocycles. The monoisotopic (exact) mass is 244 g/mol. The number of hydrogen-bond acceptors (Lipinski definition) is 2. The summed E-state index contributed by atoms with van der Waals surface area (Å²) in [7, 11) is 0. The van der Waals surface area contributed by atoms with Crippen LogP contribution in [0.5, 0.6) is 0 Å². The second-order valence-electron chi connectivity index (χ2n) is 3.98. The molecule has 0 saturated heterocycles. The van der Waals surface area contributed by atoms with Crippen molar-refractivity contribution in [3.8, 4) is 0 Å². The number of hydrogen-bond donors (Lipinski definition) is 1. The third kappa shape index (κ3) is 3.35. The Kier molecular flexibility index (Phi) is 4.24. The molecule has 0 fully saturated rings. The summed E-state index contributed by atoms with van der Waals surface area (Å²) in [6.07, 6.45) is 0. The van der Waals surface area contributed by atoms with Gasteiger partial charge in [-0.2, -0.15) is 0 Å². The van der Waals surface area contributed by atoms with E-state index in [0.29, 0.717) is 5.25 Å². The van der Waals surface area contributed by atoms with Crippen LogP contribution in [-0.4, -0.2) is 5.11 Å². The van der Waals surface area contributed by atoms with Crippen molar-refractivity contribution < 1.29 is 5.11 Å². The molecule has 1 unspecified atom stereocenters. The standard InChI is InChI=1S/C15H16OS/c1-12(14-7-3-2-4-8-14)17-15-9-5-6-13(10-15)11-16/h2-10,12,16H,11H2,1H3. The Morgan fingerprint density at radius 1 is 1.06 bits per heavy atom. The highest BCUT2D eigenvalue weighted by Crippen LogP contribution is 2.34. The molecule has 1 atom stereocenters. The molecule has 0 amide bonds. The number of thioether (sulfide) groups is 1. The van der Waals surface area contributed by atoms with Crippen LogP contribution in [0.4, 0.5) is 0 Å². The highest BCUT2D eigenvalue weighted by molar-refractivity contribution is 7.99. The van der Waals surface area contributed by atoms with Crippen molar-refractivity contribution in [3.63, 3.8) is 0 Å². The summed E-state index contributed by atoms with van der Waals surface area (Å²) < 4.78 is 0. The van der Waals surface area contributed by atoms with Crippen LogP contribution in [-0.2, 0) is 6.61 Å². The van der Waals surface area contributed by atoms with Gasteiger partial charge in [-0.05, 0) is 30.2 Å². The molecule has 0 aliphatic carbocycles. The molecule has 0 spiro atoms. The minimum absolute atomic E-state index is 0.105. The summed E-state index contributed by atoms with van der Waals surface area (Å²) in [5.74, 6) is 0. The van der Waals surface area contributed by atoms with Crippen LogP contribution in [0.2, 0.25) is 0 Å². The zero-order chi connectivity index (χ0) is 12.1. The first-order chi connectivity index (χ1) is 8.29. The lowest BCUT2D eigenvalue weighted by atomic mass is 10.2. The van der Waals surface area contributed by atoms with E-state index < -0.39 is 0 Å². The molecular weight excluding hydrogens is 228 g/mol. The summed E-state index contributed by atoms with van der Waals surface area (Å²) in [4.78, 5) is 1.20. The van der Waals surface area contributed by atoms with Crippen LogP contribution in [0.25, 0.3) is 0 Å². The molecule has 2 aromatic rings. The largest absolute Gasteiger partial charge is 0.392 e. The summed E-state index contributed by atoms with van der Waals surface area (Å²) in [5.41, 5.74) is 2.29. The van der Waals surface area contributed by atoms with Crippen molar-refractivity contribution in [2.24, 2.45) is 0 Å². The second kappa shape index (κ2) is 5.89. The molecule has 17 heavy (non-hydrogen) atoms. The summed E-state index contributed by atoms with van der Waals surface area (Å²) in [6.45, 7) is 2.31. The van der Waals surface area contributed by atoms with Crippen LogP contribution in [0.3, 0.4) is 0 Å². The minimum atomic E-state index is 0.105. The van der Waals surface area contributed by atoms with Gasteiger partial charge >= 0.3 is 0 Å². The van der Waals surface area contributed by atoms with E-state index in [9.17, 15) is 0 Å². The van der Waals surface area contributed by atoms with Gasteiger partial charge in [0.05, 0.1) is 6.61 Å². The lowest BCUT2D eigenvalue weighted by Crippen LogP contribution is -1.88. The van der Waals surface area contributed by atoms with Crippen LogP contribution in [0, 0.1) is 0 Å². The number of rotatable bonds is 4. The van der Waals surface area contributed by atoms with E-state index in [2.05, 4.69) is 37.3 Å². The number of aliphatic hydroxyl groups is 1. The Morgan fingerprint density at radius 2 is 1.82 bits per heavy atom. The third-order valence-corrected chi connectivity index (χ3v) is 3.81. The van der Waals surface area contributed by atoms with E-state index in [1.807, 2.05) is 36.0 Å². The second-order valence-corrected chi connectivity index (χ2v) is 5.39. The van der Waals surface area contributed by atoms with E-state index in [-0.39, 0.29) is 6.61 Å². The maximum absolute atomic E-state index is 9.10. The molecule has 2 aromatic carbocycles. The Morgan fingerprint density at radius 3 is 2.53 bits per heavy atom. The van der Waals surface area contributed by atoms with Crippen molar-refractivity contribution in [1.82, 2.24) is 0 Å². The molecule has 0 heterocycles. The predicted molar refractivity (Wildman–Crippen MR) is 73.1 cm³/mol. The molecule has 0 aliphatic rings. The number of aliphatic hydroxyl groups excluding tert-OH is 1. The quantitative estimate of drug-likeness (QED) is 0.819. The topological polar surface area (TPSA) is 20.2 Å². The van der Waals surface area contributed by atoms with Crippen molar-refractivity contribution >= 4 is 11.8 Å². The van der Waals surface area contributed by atoms with Crippen molar-refractivity contribution in [2.45, 2.75) is 23.7 Å². The Hall–Kier alpha value is -1.25. The zero-order valence-electron chi connectivity index (χ0n) is 9.84. The molecule has 0 bridgehead atoms. The summed E-state index contributed by atoms with van der Waals surface area (Å²) in [5, 5.41) is 9.53. The zero-order valence-corrected chi connectivity index (χ0v) is 10.7.